The van der Waals surface area contributed by atoms with Crippen molar-refractivity contribution in [1.29, 1.82) is 0 Å². The molecule has 0 aromatic heterocycles. The number of anilines is 1. The van der Waals surface area contributed by atoms with E-state index in [1.54, 1.807) is 34.9 Å². The van der Waals surface area contributed by atoms with Crippen molar-refractivity contribution in [2.24, 2.45) is 11.3 Å². The highest BCUT2D eigenvalue weighted by Crippen LogP contribution is 2.44. The number of carbonyl (C=O) groups excluding carboxylic acids is 3. The van der Waals surface area contributed by atoms with E-state index >= 15 is 0 Å². The van der Waals surface area contributed by atoms with E-state index in [0.29, 0.717) is 31.4 Å². The summed E-state index contributed by atoms with van der Waals surface area (Å²) in [5.74, 6) is -2.02. The van der Waals surface area contributed by atoms with Gasteiger partial charge in [-0.15, -0.1) is 0 Å². The van der Waals surface area contributed by atoms with Gasteiger partial charge in [0.1, 0.15) is 11.6 Å². The lowest BCUT2D eigenvalue weighted by atomic mass is 9.75. The summed E-state index contributed by atoms with van der Waals surface area (Å²) in [5.41, 5.74) is 8.03. The zero-order valence-corrected chi connectivity index (χ0v) is 23.9. The van der Waals surface area contributed by atoms with Crippen molar-refractivity contribution < 1.29 is 27.9 Å². The van der Waals surface area contributed by atoms with Crippen molar-refractivity contribution >= 4 is 23.5 Å². The number of halogens is 2. The summed E-state index contributed by atoms with van der Waals surface area (Å²) in [6.07, 6.45) is 1.54. The Labute approximate surface area is 244 Å². The van der Waals surface area contributed by atoms with Gasteiger partial charge in [0.15, 0.2) is 0 Å². The van der Waals surface area contributed by atoms with E-state index in [1.165, 1.54) is 31.2 Å². The van der Waals surface area contributed by atoms with Gasteiger partial charge in [-0.2, -0.15) is 0 Å². The standard InChI is InChI=1S/C33H35F2N3O4/c1-3-42-32(41)33-14-5-15-37(31(40)27-12-13-28(35)21(2)29(27)36)18-25(33)19-38(20-33)30(39)24-7-4-6-23(17-24)16-22-8-10-26(34)11-9-22/h4,6-13,17,25H,3,5,14-16,18-20,36H2,1-2H3/t25-,33-/m0/s1. The average molecular weight is 576 g/mol. The van der Waals surface area contributed by atoms with Gasteiger partial charge in [0.05, 0.1) is 23.3 Å². The first-order valence-electron chi connectivity index (χ1n) is 14.3. The zero-order chi connectivity index (χ0) is 30.0. The molecule has 2 atom stereocenters. The molecule has 0 saturated carbocycles. The Kier molecular flexibility index (Phi) is 8.29. The number of nitrogens with zero attached hydrogens (tertiary/aromatic N) is 2. The maximum absolute atomic E-state index is 14.0. The van der Waals surface area contributed by atoms with Crippen molar-refractivity contribution in [3.05, 3.63) is 100 Å². The van der Waals surface area contributed by atoms with Crippen molar-refractivity contribution in [3.63, 3.8) is 0 Å². The van der Waals surface area contributed by atoms with Gasteiger partial charge < -0.3 is 20.3 Å². The third-order valence-corrected chi connectivity index (χ3v) is 8.62. The maximum Gasteiger partial charge on any atom is 0.314 e. The number of nitrogen functional groups attached to an aromatic ring is 1. The van der Waals surface area contributed by atoms with Crippen molar-refractivity contribution in [2.75, 3.05) is 38.5 Å². The molecule has 7 nitrogen and oxygen atoms in total. The first kappa shape index (κ1) is 29.2. The molecule has 0 radical (unpaired) electrons. The fraction of sp³-hybridized carbons (Fsp3) is 0.364. The lowest BCUT2D eigenvalue weighted by molar-refractivity contribution is -0.157. The lowest BCUT2D eigenvalue weighted by Crippen LogP contribution is -2.43. The quantitative estimate of drug-likeness (QED) is 0.330. The molecule has 5 rings (SSSR count). The number of benzene rings is 3. The summed E-state index contributed by atoms with van der Waals surface area (Å²) in [6, 6.07) is 16.2. The largest absolute Gasteiger partial charge is 0.466 e. The van der Waals surface area contributed by atoms with Crippen LogP contribution in [0.4, 0.5) is 14.5 Å². The molecule has 0 bridgehead atoms. The fourth-order valence-electron chi connectivity index (χ4n) is 6.27. The van der Waals surface area contributed by atoms with Gasteiger partial charge in [0.25, 0.3) is 11.8 Å². The van der Waals surface area contributed by atoms with Crippen LogP contribution in [0.15, 0.2) is 60.7 Å². The number of hydrogen-bond acceptors (Lipinski definition) is 5. The number of nitrogens with two attached hydrogens (primary N) is 1. The number of amides is 2. The number of carbonyl (C=O) groups is 3. The van der Waals surface area contributed by atoms with Gasteiger partial charge in [-0.25, -0.2) is 8.78 Å². The molecule has 3 aromatic rings. The van der Waals surface area contributed by atoms with Crippen LogP contribution in [0.1, 0.15) is 57.2 Å². The van der Waals surface area contributed by atoms with Crippen LogP contribution in [0.5, 0.6) is 0 Å². The van der Waals surface area contributed by atoms with Crippen LogP contribution < -0.4 is 5.73 Å². The van der Waals surface area contributed by atoms with Crippen molar-refractivity contribution in [2.45, 2.75) is 33.1 Å². The predicted octanol–water partition coefficient (Wildman–Crippen LogP) is 5.00. The van der Waals surface area contributed by atoms with Gasteiger partial charge in [-0.1, -0.05) is 24.3 Å². The van der Waals surface area contributed by atoms with Gasteiger partial charge in [-0.05, 0) is 80.6 Å². The Morgan fingerprint density at radius 1 is 0.976 bits per heavy atom. The minimum atomic E-state index is -0.948. The molecular formula is C33H35F2N3O4. The molecule has 9 heteroatoms. The molecule has 2 heterocycles. The second-order valence-corrected chi connectivity index (χ2v) is 11.3. The molecular weight excluding hydrogens is 540 g/mol. The third kappa shape index (κ3) is 5.60. The number of rotatable bonds is 6. The summed E-state index contributed by atoms with van der Waals surface area (Å²) in [5, 5.41) is 0. The molecule has 2 aliphatic heterocycles. The van der Waals surface area contributed by atoms with Gasteiger partial charge in [0, 0.05) is 43.2 Å². The van der Waals surface area contributed by atoms with E-state index in [1.807, 2.05) is 18.2 Å². The summed E-state index contributed by atoms with van der Waals surface area (Å²) in [6.45, 7) is 4.61. The number of esters is 1. The lowest BCUT2D eigenvalue weighted by Gasteiger charge is -2.31. The molecule has 220 valence electrons. The summed E-state index contributed by atoms with van der Waals surface area (Å²) in [4.78, 5) is 44.2. The molecule has 2 amide bonds. The molecule has 2 N–H and O–H groups in total. The van der Waals surface area contributed by atoms with Crippen LogP contribution in [0, 0.1) is 29.9 Å². The second kappa shape index (κ2) is 11.9. The molecule has 2 aliphatic rings. The second-order valence-electron chi connectivity index (χ2n) is 11.3. The molecule has 2 fully saturated rings. The van der Waals surface area contributed by atoms with Gasteiger partial charge in [-0.3, -0.25) is 14.4 Å². The van der Waals surface area contributed by atoms with Crippen molar-refractivity contribution in [1.82, 2.24) is 9.80 Å². The van der Waals surface area contributed by atoms with Crippen LogP contribution in [-0.2, 0) is 16.0 Å². The zero-order valence-electron chi connectivity index (χ0n) is 23.9. The minimum Gasteiger partial charge on any atom is -0.466 e. The third-order valence-electron chi connectivity index (χ3n) is 8.62. The van der Waals surface area contributed by atoms with Crippen LogP contribution in [0.2, 0.25) is 0 Å². The fourth-order valence-corrected chi connectivity index (χ4v) is 6.27. The number of hydrogen-bond donors (Lipinski definition) is 1. The van der Waals surface area contributed by atoms with E-state index in [9.17, 15) is 23.2 Å². The van der Waals surface area contributed by atoms with Crippen LogP contribution in [-0.4, -0.2) is 60.4 Å². The molecule has 0 unspecified atom stereocenters. The van der Waals surface area contributed by atoms with E-state index in [4.69, 9.17) is 10.5 Å². The normalized spacial score (nSPS) is 20.1. The maximum atomic E-state index is 14.0. The van der Waals surface area contributed by atoms with Crippen molar-refractivity contribution in [3.8, 4) is 0 Å². The Morgan fingerprint density at radius 2 is 1.71 bits per heavy atom. The Bertz CT molecular complexity index is 1510. The summed E-state index contributed by atoms with van der Waals surface area (Å²) in [7, 11) is 0. The average Bonchev–Trinajstić information content (AvgIpc) is 3.25. The monoisotopic (exact) mass is 575 g/mol. The highest BCUT2D eigenvalue weighted by atomic mass is 19.1. The molecule has 42 heavy (non-hydrogen) atoms. The van der Waals surface area contributed by atoms with Gasteiger partial charge >= 0.3 is 5.97 Å². The highest BCUT2D eigenvalue weighted by Gasteiger charge is 2.55. The number of fused-ring (bicyclic) bond motifs is 1. The van der Waals surface area contributed by atoms with E-state index < -0.39 is 11.2 Å². The Balaban J connectivity index is 1.39. The van der Waals surface area contributed by atoms with Crippen LogP contribution in [0.25, 0.3) is 0 Å². The SMILES string of the molecule is CCOC(=O)[C@]12CCCN(C(=O)c3ccc(F)c(C)c3N)C[C@H]1CN(C(=O)c1cccc(Cc3ccc(F)cc3)c1)C2. The smallest absolute Gasteiger partial charge is 0.314 e. The van der Waals surface area contributed by atoms with E-state index in [-0.39, 0.29) is 72.6 Å². The van der Waals surface area contributed by atoms with E-state index in [0.717, 1.165) is 11.1 Å². The van der Waals surface area contributed by atoms with E-state index in [2.05, 4.69) is 0 Å². The molecule has 0 aliphatic carbocycles. The first-order valence-corrected chi connectivity index (χ1v) is 14.3. The number of likely N-dealkylation sites (tertiary alicyclic amines) is 2. The summed E-state index contributed by atoms with van der Waals surface area (Å²) < 4.78 is 32.9. The molecule has 2 saturated heterocycles. The first-order chi connectivity index (χ1) is 20.1. The Hall–Kier alpha value is -4.27. The topological polar surface area (TPSA) is 92.9 Å². The highest BCUT2D eigenvalue weighted by molar-refractivity contribution is 6.00. The van der Waals surface area contributed by atoms with Crippen LogP contribution in [0.3, 0.4) is 0 Å². The van der Waals surface area contributed by atoms with Crippen LogP contribution >= 0.6 is 0 Å². The minimum absolute atomic E-state index is 0.102. The molecule has 3 aromatic carbocycles. The Morgan fingerprint density at radius 3 is 2.45 bits per heavy atom. The molecule has 0 spiro atoms. The number of ether oxygens (including phenoxy) is 1. The predicted molar refractivity (Wildman–Crippen MR) is 155 cm³/mol. The summed E-state index contributed by atoms with van der Waals surface area (Å²) >= 11 is 0. The van der Waals surface area contributed by atoms with Gasteiger partial charge in [0.2, 0.25) is 0 Å².